The maximum Gasteiger partial charge on any atom is 0.255 e. The Morgan fingerprint density at radius 2 is 2.14 bits per heavy atom. The molecule has 2 rings (SSSR count). The van der Waals surface area contributed by atoms with Crippen LogP contribution in [0, 0.1) is 5.41 Å². The van der Waals surface area contributed by atoms with E-state index in [-0.39, 0.29) is 17.9 Å². The number of hydrogen-bond donors (Lipinski definition) is 1. The summed E-state index contributed by atoms with van der Waals surface area (Å²) >= 11 is 6.09. The highest BCUT2D eigenvalue weighted by Crippen LogP contribution is 2.34. The molecule has 1 amide bonds. The molecule has 0 radical (unpaired) electrons. The summed E-state index contributed by atoms with van der Waals surface area (Å²) in [6.45, 7) is 5.90. The minimum Gasteiger partial charge on any atom is -0.477 e. The zero-order chi connectivity index (χ0) is 16.2. The van der Waals surface area contributed by atoms with Gasteiger partial charge in [0.2, 0.25) is 5.88 Å². The van der Waals surface area contributed by atoms with E-state index in [0.29, 0.717) is 36.2 Å². The highest BCUT2D eigenvalue weighted by molar-refractivity contribution is 6.32. The van der Waals surface area contributed by atoms with Gasteiger partial charge >= 0.3 is 0 Å². The Labute approximate surface area is 136 Å². The number of amides is 1. The molecule has 2 heterocycles. The number of likely N-dealkylation sites (tertiary alicyclic amines) is 1. The molecule has 1 aliphatic heterocycles. The molecule has 1 aliphatic rings. The smallest absolute Gasteiger partial charge is 0.255 e. The Balaban J connectivity index is 2.05. The number of aromatic nitrogens is 1. The molecule has 0 spiro atoms. The summed E-state index contributed by atoms with van der Waals surface area (Å²) in [6, 6.07) is 1.61. The first-order valence-corrected chi connectivity index (χ1v) is 8.11. The Morgan fingerprint density at radius 3 is 2.64 bits per heavy atom. The zero-order valence-electron chi connectivity index (χ0n) is 13.1. The molecular formula is C16H23ClN2O3. The third kappa shape index (κ3) is 3.52. The van der Waals surface area contributed by atoms with Crippen molar-refractivity contribution in [3.8, 4) is 5.88 Å². The number of nitrogens with zero attached hydrogens (tertiary/aromatic N) is 2. The molecule has 1 fully saturated rings. The number of ether oxygens (including phenoxy) is 1. The van der Waals surface area contributed by atoms with Gasteiger partial charge in [0.15, 0.2) is 0 Å². The lowest BCUT2D eigenvalue weighted by Crippen LogP contribution is -2.44. The summed E-state index contributed by atoms with van der Waals surface area (Å²) in [5.41, 5.74) is 0.437. The number of piperidine rings is 1. The second-order valence-corrected chi connectivity index (χ2v) is 6.16. The number of hydrogen-bond acceptors (Lipinski definition) is 4. The van der Waals surface area contributed by atoms with Crippen molar-refractivity contribution in [3.63, 3.8) is 0 Å². The largest absolute Gasteiger partial charge is 0.477 e. The Morgan fingerprint density at radius 1 is 1.45 bits per heavy atom. The maximum atomic E-state index is 12.5. The molecule has 1 saturated heterocycles. The normalized spacial score (nSPS) is 17.4. The molecule has 0 bridgehead atoms. The second-order valence-electron chi connectivity index (χ2n) is 5.75. The van der Waals surface area contributed by atoms with Crippen molar-refractivity contribution in [2.24, 2.45) is 5.41 Å². The highest BCUT2D eigenvalue weighted by Gasteiger charge is 2.34. The molecule has 0 atom stereocenters. The van der Waals surface area contributed by atoms with Crippen molar-refractivity contribution in [1.82, 2.24) is 9.88 Å². The van der Waals surface area contributed by atoms with Gasteiger partial charge in [-0.25, -0.2) is 4.98 Å². The molecule has 1 aromatic rings. The third-order valence-corrected chi connectivity index (χ3v) is 4.80. The average Bonchev–Trinajstić information content (AvgIpc) is 2.56. The van der Waals surface area contributed by atoms with E-state index in [1.54, 1.807) is 11.0 Å². The SMILES string of the molecule is CCOc1ncc(C(=O)N2CCC(CC)(CO)CC2)cc1Cl. The molecule has 22 heavy (non-hydrogen) atoms. The summed E-state index contributed by atoms with van der Waals surface area (Å²) in [5.74, 6) is 0.282. The lowest BCUT2D eigenvalue weighted by Gasteiger charge is -2.40. The molecule has 0 saturated carbocycles. The van der Waals surface area contributed by atoms with E-state index in [4.69, 9.17) is 16.3 Å². The van der Waals surface area contributed by atoms with Crippen LogP contribution in [0.15, 0.2) is 12.3 Å². The molecule has 5 nitrogen and oxygen atoms in total. The number of rotatable bonds is 5. The molecular weight excluding hydrogens is 304 g/mol. The van der Waals surface area contributed by atoms with Gasteiger partial charge in [-0.2, -0.15) is 0 Å². The van der Waals surface area contributed by atoms with Crippen molar-refractivity contribution >= 4 is 17.5 Å². The van der Waals surface area contributed by atoms with Crippen molar-refractivity contribution in [3.05, 3.63) is 22.8 Å². The average molecular weight is 327 g/mol. The minimum atomic E-state index is -0.0694. The van der Waals surface area contributed by atoms with Crippen molar-refractivity contribution in [2.75, 3.05) is 26.3 Å². The summed E-state index contributed by atoms with van der Waals surface area (Å²) in [7, 11) is 0. The molecule has 0 aliphatic carbocycles. The predicted octanol–water partition coefficient (Wildman–Crippen LogP) is 2.76. The van der Waals surface area contributed by atoms with Crippen molar-refractivity contribution < 1.29 is 14.6 Å². The van der Waals surface area contributed by atoms with Crippen LogP contribution in [0.3, 0.4) is 0 Å². The van der Waals surface area contributed by atoms with Crippen LogP contribution in [0.25, 0.3) is 0 Å². The summed E-state index contributed by atoms with van der Waals surface area (Å²) < 4.78 is 5.28. The summed E-state index contributed by atoms with van der Waals surface area (Å²) in [6.07, 6.45) is 4.09. The number of carbonyl (C=O) groups is 1. The fraction of sp³-hybridized carbons (Fsp3) is 0.625. The third-order valence-electron chi connectivity index (χ3n) is 4.53. The van der Waals surface area contributed by atoms with Gasteiger partial charge in [0.05, 0.1) is 12.2 Å². The lowest BCUT2D eigenvalue weighted by molar-refractivity contribution is 0.0338. The number of aliphatic hydroxyl groups is 1. The maximum absolute atomic E-state index is 12.5. The van der Waals surface area contributed by atoms with E-state index in [1.807, 2.05) is 6.92 Å². The van der Waals surface area contributed by atoms with Gasteiger partial charge in [0, 0.05) is 25.9 Å². The van der Waals surface area contributed by atoms with Gasteiger partial charge in [-0.15, -0.1) is 0 Å². The van der Waals surface area contributed by atoms with Crippen molar-refractivity contribution in [2.45, 2.75) is 33.1 Å². The Kier molecular flexibility index (Phi) is 5.64. The van der Waals surface area contributed by atoms with Crippen LogP contribution in [0.4, 0.5) is 0 Å². The molecule has 6 heteroatoms. The molecule has 0 aromatic carbocycles. The zero-order valence-corrected chi connectivity index (χ0v) is 13.9. The van der Waals surface area contributed by atoms with Gasteiger partial charge in [0.25, 0.3) is 5.91 Å². The fourth-order valence-electron chi connectivity index (χ4n) is 2.78. The summed E-state index contributed by atoms with van der Waals surface area (Å²) in [5, 5.41) is 9.91. The van der Waals surface area contributed by atoms with E-state index in [2.05, 4.69) is 11.9 Å². The van der Waals surface area contributed by atoms with E-state index in [1.165, 1.54) is 6.20 Å². The van der Waals surface area contributed by atoms with Crippen LogP contribution in [-0.4, -0.2) is 47.2 Å². The molecule has 0 unspecified atom stereocenters. The second kappa shape index (κ2) is 7.29. The van der Waals surface area contributed by atoms with Gasteiger partial charge in [-0.05, 0) is 37.7 Å². The van der Waals surface area contributed by atoms with Crippen LogP contribution < -0.4 is 4.74 Å². The summed E-state index contributed by atoms with van der Waals surface area (Å²) in [4.78, 5) is 18.4. The fourth-order valence-corrected chi connectivity index (χ4v) is 3.00. The van der Waals surface area contributed by atoms with Gasteiger partial charge < -0.3 is 14.7 Å². The highest BCUT2D eigenvalue weighted by atomic mass is 35.5. The number of carbonyl (C=O) groups excluding carboxylic acids is 1. The predicted molar refractivity (Wildman–Crippen MR) is 85.4 cm³/mol. The van der Waals surface area contributed by atoms with Crippen LogP contribution in [0.2, 0.25) is 5.02 Å². The first-order chi connectivity index (χ1) is 10.5. The van der Waals surface area contributed by atoms with Crippen LogP contribution >= 0.6 is 11.6 Å². The quantitative estimate of drug-likeness (QED) is 0.903. The first-order valence-electron chi connectivity index (χ1n) is 7.73. The topological polar surface area (TPSA) is 62.7 Å². The number of halogens is 1. The van der Waals surface area contributed by atoms with E-state index < -0.39 is 0 Å². The Hall–Kier alpha value is -1.33. The monoisotopic (exact) mass is 326 g/mol. The first kappa shape index (κ1) is 17.0. The molecule has 1 N–H and O–H groups in total. The van der Waals surface area contributed by atoms with Gasteiger partial charge in [-0.3, -0.25) is 4.79 Å². The standard InChI is InChI=1S/C16H23ClN2O3/c1-3-16(11-20)5-7-19(8-6-16)15(21)12-9-13(17)14(18-10-12)22-4-2/h9-10,20H,3-8,11H2,1-2H3. The van der Waals surface area contributed by atoms with Crippen LogP contribution in [-0.2, 0) is 0 Å². The number of pyridine rings is 1. The van der Waals surface area contributed by atoms with Crippen LogP contribution in [0.5, 0.6) is 5.88 Å². The van der Waals surface area contributed by atoms with Gasteiger partial charge in [0.1, 0.15) is 5.02 Å². The Bertz CT molecular complexity index is 522. The van der Waals surface area contributed by atoms with Gasteiger partial charge in [-0.1, -0.05) is 18.5 Å². The van der Waals surface area contributed by atoms with E-state index in [0.717, 1.165) is 19.3 Å². The van der Waals surface area contributed by atoms with E-state index in [9.17, 15) is 9.90 Å². The minimum absolute atomic E-state index is 0.0362. The van der Waals surface area contributed by atoms with Crippen LogP contribution in [0.1, 0.15) is 43.5 Å². The molecule has 122 valence electrons. The lowest BCUT2D eigenvalue weighted by atomic mass is 9.77. The van der Waals surface area contributed by atoms with Crippen molar-refractivity contribution in [1.29, 1.82) is 0 Å². The van der Waals surface area contributed by atoms with E-state index >= 15 is 0 Å². The molecule has 1 aromatic heterocycles. The number of aliphatic hydroxyl groups excluding tert-OH is 1.